The van der Waals surface area contributed by atoms with E-state index in [4.69, 9.17) is 0 Å². The Bertz CT molecular complexity index is 1170. The Morgan fingerprint density at radius 2 is 1.70 bits per heavy atom. The highest BCUT2D eigenvalue weighted by molar-refractivity contribution is 7.89. The van der Waals surface area contributed by atoms with Crippen molar-refractivity contribution < 1.29 is 8.42 Å². The lowest BCUT2D eigenvalue weighted by molar-refractivity contribution is 0.561. The van der Waals surface area contributed by atoms with Crippen LogP contribution in [0.2, 0.25) is 0 Å². The molecule has 0 aliphatic heterocycles. The van der Waals surface area contributed by atoms with Crippen LogP contribution in [0.15, 0.2) is 84.3 Å². The lowest BCUT2D eigenvalue weighted by Gasteiger charge is -2.09. The van der Waals surface area contributed by atoms with Crippen molar-refractivity contribution in [1.82, 2.24) is 19.5 Å². The minimum atomic E-state index is -3.60. The molecule has 0 saturated heterocycles. The summed E-state index contributed by atoms with van der Waals surface area (Å²) in [6.07, 6.45) is 7.10. The summed E-state index contributed by atoms with van der Waals surface area (Å²) < 4.78 is 29.8. The summed E-state index contributed by atoms with van der Waals surface area (Å²) >= 11 is 0. The molecule has 2 aromatic carbocycles. The Kier molecular flexibility index (Phi) is 4.70. The van der Waals surface area contributed by atoms with Crippen LogP contribution in [0.25, 0.3) is 21.9 Å². The molecule has 0 aliphatic carbocycles. The average Bonchev–Trinajstić information content (AvgIpc) is 3.17. The van der Waals surface area contributed by atoms with Gasteiger partial charge in [0, 0.05) is 36.1 Å². The molecule has 7 heteroatoms. The Hall–Kier alpha value is -3.03. The maximum Gasteiger partial charge on any atom is 0.241 e. The fraction of sp³-hybridized carbons (Fsp3) is 0.100. The van der Waals surface area contributed by atoms with Crippen molar-refractivity contribution in [3.8, 4) is 11.1 Å². The third kappa shape index (κ3) is 3.74. The van der Waals surface area contributed by atoms with Gasteiger partial charge in [-0.3, -0.25) is 9.67 Å². The summed E-state index contributed by atoms with van der Waals surface area (Å²) in [5, 5.41) is 5.91. The first-order valence-corrected chi connectivity index (χ1v) is 10.0. The van der Waals surface area contributed by atoms with Crippen molar-refractivity contribution in [2.75, 3.05) is 6.54 Å². The van der Waals surface area contributed by atoms with Gasteiger partial charge in [-0.05, 0) is 29.1 Å². The van der Waals surface area contributed by atoms with Crippen LogP contribution in [0.5, 0.6) is 0 Å². The van der Waals surface area contributed by atoms with Gasteiger partial charge in [-0.1, -0.05) is 36.4 Å². The highest BCUT2D eigenvalue weighted by Gasteiger charge is 2.16. The molecule has 0 saturated carbocycles. The van der Waals surface area contributed by atoms with Gasteiger partial charge in [-0.25, -0.2) is 13.1 Å². The third-order valence-electron chi connectivity index (χ3n) is 4.32. The minimum Gasteiger partial charge on any atom is -0.271 e. The van der Waals surface area contributed by atoms with Gasteiger partial charge in [-0.2, -0.15) is 5.10 Å². The minimum absolute atomic E-state index is 0.253. The molecule has 2 aromatic heterocycles. The first kappa shape index (κ1) is 17.4. The zero-order chi connectivity index (χ0) is 18.7. The van der Waals surface area contributed by atoms with Gasteiger partial charge in [0.05, 0.1) is 17.6 Å². The van der Waals surface area contributed by atoms with E-state index in [1.807, 2.05) is 48.7 Å². The lowest BCUT2D eigenvalue weighted by atomic mass is 10.1. The molecule has 0 fully saturated rings. The number of rotatable bonds is 6. The van der Waals surface area contributed by atoms with Crippen LogP contribution in [0, 0.1) is 0 Å². The number of nitrogens with one attached hydrogen (secondary N) is 1. The van der Waals surface area contributed by atoms with Crippen molar-refractivity contribution in [1.29, 1.82) is 0 Å². The number of benzene rings is 2. The summed E-state index contributed by atoms with van der Waals surface area (Å²) in [7, 11) is -3.60. The molecule has 0 spiro atoms. The molecule has 4 rings (SSSR count). The van der Waals surface area contributed by atoms with Crippen LogP contribution in [0.4, 0.5) is 0 Å². The van der Waals surface area contributed by atoms with E-state index in [1.165, 1.54) is 0 Å². The Morgan fingerprint density at radius 3 is 2.56 bits per heavy atom. The smallest absolute Gasteiger partial charge is 0.241 e. The molecule has 27 heavy (non-hydrogen) atoms. The van der Waals surface area contributed by atoms with Crippen molar-refractivity contribution in [3.63, 3.8) is 0 Å². The van der Waals surface area contributed by atoms with Crippen LogP contribution in [-0.2, 0) is 16.6 Å². The summed E-state index contributed by atoms with van der Waals surface area (Å²) in [6, 6.07) is 16.5. The molecular weight excluding hydrogens is 360 g/mol. The molecule has 1 N–H and O–H groups in total. The monoisotopic (exact) mass is 378 g/mol. The standard InChI is InChI=1S/C20H18N4O2S/c25-27(26,20-7-3-5-17-4-1-2-6-19(17)20)23-12-13-24-15-18(14-22-24)16-8-10-21-11-9-16/h1-11,14-15,23H,12-13H2. The SMILES string of the molecule is O=S(=O)(NCCn1cc(-c2ccncc2)cn1)c1cccc2ccccc12. The van der Waals surface area contributed by atoms with Crippen molar-refractivity contribution >= 4 is 20.8 Å². The Labute approximate surface area is 157 Å². The van der Waals surface area contributed by atoms with E-state index < -0.39 is 10.0 Å². The van der Waals surface area contributed by atoms with Gasteiger partial charge in [0.25, 0.3) is 0 Å². The van der Waals surface area contributed by atoms with Gasteiger partial charge in [0.1, 0.15) is 0 Å². The van der Waals surface area contributed by atoms with E-state index in [1.54, 1.807) is 35.4 Å². The molecule has 0 aliphatic rings. The van der Waals surface area contributed by atoms with Gasteiger partial charge in [-0.15, -0.1) is 0 Å². The highest BCUT2D eigenvalue weighted by atomic mass is 32.2. The molecular formula is C20H18N4O2S. The van der Waals surface area contributed by atoms with E-state index in [2.05, 4.69) is 14.8 Å². The summed E-state index contributed by atoms with van der Waals surface area (Å²) in [6.45, 7) is 0.693. The van der Waals surface area contributed by atoms with E-state index in [9.17, 15) is 8.42 Å². The topological polar surface area (TPSA) is 76.9 Å². The van der Waals surface area contributed by atoms with Crippen LogP contribution in [0.1, 0.15) is 0 Å². The number of hydrogen-bond donors (Lipinski definition) is 1. The van der Waals surface area contributed by atoms with Crippen LogP contribution >= 0.6 is 0 Å². The van der Waals surface area contributed by atoms with E-state index in [-0.39, 0.29) is 6.54 Å². The van der Waals surface area contributed by atoms with Crippen LogP contribution in [-0.4, -0.2) is 29.7 Å². The molecule has 0 atom stereocenters. The molecule has 0 radical (unpaired) electrons. The van der Waals surface area contributed by atoms with Gasteiger partial charge >= 0.3 is 0 Å². The van der Waals surface area contributed by atoms with Gasteiger partial charge in [0.15, 0.2) is 0 Å². The number of pyridine rings is 1. The second-order valence-electron chi connectivity index (χ2n) is 6.10. The van der Waals surface area contributed by atoms with E-state index >= 15 is 0 Å². The number of sulfonamides is 1. The summed E-state index contributed by atoms with van der Waals surface area (Å²) in [4.78, 5) is 4.29. The fourth-order valence-electron chi connectivity index (χ4n) is 2.98. The zero-order valence-electron chi connectivity index (χ0n) is 14.5. The predicted molar refractivity (Wildman–Crippen MR) is 105 cm³/mol. The Balaban J connectivity index is 1.46. The highest BCUT2D eigenvalue weighted by Crippen LogP contribution is 2.22. The molecule has 2 heterocycles. The normalized spacial score (nSPS) is 11.7. The molecule has 4 aromatic rings. The molecule has 0 amide bonds. The molecule has 6 nitrogen and oxygen atoms in total. The van der Waals surface area contributed by atoms with Gasteiger partial charge < -0.3 is 0 Å². The maximum absolute atomic E-state index is 12.7. The third-order valence-corrected chi connectivity index (χ3v) is 5.84. The average molecular weight is 378 g/mol. The van der Waals surface area contributed by atoms with Gasteiger partial charge in [0.2, 0.25) is 10.0 Å². The van der Waals surface area contributed by atoms with Crippen LogP contribution in [0.3, 0.4) is 0 Å². The fourth-order valence-corrected chi connectivity index (χ4v) is 4.23. The lowest BCUT2D eigenvalue weighted by Crippen LogP contribution is -2.27. The van der Waals surface area contributed by atoms with E-state index in [0.29, 0.717) is 16.8 Å². The number of fused-ring (bicyclic) bond motifs is 1. The molecule has 0 bridgehead atoms. The summed E-state index contributed by atoms with van der Waals surface area (Å²) in [5.74, 6) is 0. The van der Waals surface area contributed by atoms with Crippen molar-refractivity contribution in [2.45, 2.75) is 11.4 Å². The number of hydrogen-bond acceptors (Lipinski definition) is 4. The first-order chi connectivity index (χ1) is 13.1. The van der Waals surface area contributed by atoms with Crippen LogP contribution < -0.4 is 4.72 Å². The quantitative estimate of drug-likeness (QED) is 0.559. The molecule has 136 valence electrons. The molecule has 0 unspecified atom stereocenters. The Morgan fingerprint density at radius 1 is 0.926 bits per heavy atom. The maximum atomic E-state index is 12.7. The zero-order valence-corrected chi connectivity index (χ0v) is 15.3. The summed E-state index contributed by atoms with van der Waals surface area (Å²) in [5.41, 5.74) is 1.99. The van der Waals surface area contributed by atoms with E-state index in [0.717, 1.165) is 16.5 Å². The van der Waals surface area contributed by atoms with Crippen molar-refractivity contribution in [3.05, 3.63) is 79.4 Å². The number of nitrogens with zero attached hydrogens (tertiary/aromatic N) is 3. The largest absolute Gasteiger partial charge is 0.271 e. The predicted octanol–water partition coefficient (Wildman–Crippen LogP) is 3.08. The second kappa shape index (κ2) is 7.30. The first-order valence-electron chi connectivity index (χ1n) is 8.54. The van der Waals surface area contributed by atoms with Crippen molar-refractivity contribution in [2.24, 2.45) is 0 Å². The second-order valence-corrected chi connectivity index (χ2v) is 7.84. The number of aromatic nitrogens is 3.